The van der Waals surface area contributed by atoms with Gasteiger partial charge in [-0.15, -0.1) is 0 Å². The van der Waals surface area contributed by atoms with Crippen molar-refractivity contribution in [3.05, 3.63) is 0 Å². The fraction of sp³-hybridized carbons (Fsp3) is 0.846. The molecule has 0 rings (SSSR count). The first-order valence-corrected chi connectivity index (χ1v) is 6.93. The number of nitrogens with two attached hydrogens (primary N) is 1. The van der Waals surface area contributed by atoms with Gasteiger partial charge in [0.05, 0.1) is 0 Å². The van der Waals surface area contributed by atoms with Crippen molar-refractivity contribution in [2.45, 2.75) is 39.7 Å². The second-order valence-electron chi connectivity index (χ2n) is 5.17. The summed E-state index contributed by atoms with van der Waals surface area (Å²) in [5.41, 5.74) is 5.17. The van der Waals surface area contributed by atoms with Crippen LogP contribution in [-0.2, 0) is 9.47 Å². The van der Waals surface area contributed by atoms with Crippen molar-refractivity contribution in [3.63, 3.8) is 0 Å². The fourth-order valence-corrected chi connectivity index (χ4v) is 1.24. The summed E-state index contributed by atoms with van der Waals surface area (Å²) >= 11 is 0. The van der Waals surface area contributed by atoms with Gasteiger partial charge < -0.3 is 25.8 Å². The van der Waals surface area contributed by atoms with E-state index in [0.29, 0.717) is 38.8 Å². The number of nitrogens with zero attached hydrogens (tertiary/aromatic N) is 1. The molecule has 0 atom stereocenters. The first kappa shape index (κ1) is 18.5. The van der Waals surface area contributed by atoms with Crippen molar-refractivity contribution in [1.29, 1.82) is 0 Å². The predicted octanol–water partition coefficient (Wildman–Crippen LogP) is 0.842. The van der Waals surface area contributed by atoms with Crippen molar-refractivity contribution in [2.24, 2.45) is 10.7 Å². The zero-order valence-corrected chi connectivity index (χ0v) is 13.0. The average molecular weight is 288 g/mol. The van der Waals surface area contributed by atoms with Crippen LogP contribution in [0.3, 0.4) is 0 Å². The third-order valence-electron chi connectivity index (χ3n) is 2.03. The molecule has 1 amide bonds. The van der Waals surface area contributed by atoms with E-state index in [0.717, 1.165) is 6.42 Å². The van der Waals surface area contributed by atoms with E-state index in [4.69, 9.17) is 15.2 Å². The molecule has 0 aromatic heterocycles. The Bertz CT molecular complexity index is 300. The minimum Gasteiger partial charge on any atom is -0.444 e. The molecule has 7 nitrogen and oxygen atoms in total. The third kappa shape index (κ3) is 12.9. The first-order chi connectivity index (χ1) is 9.35. The number of alkyl carbamates (subject to hydrolysis) is 1. The van der Waals surface area contributed by atoms with Crippen LogP contribution in [0.1, 0.15) is 34.1 Å². The smallest absolute Gasteiger partial charge is 0.407 e. The third-order valence-corrected chi connectivity index (χ3v) is 2.03. The Balaban J connectivity index is 3.58. The zero-order chi connectivity index (χ0) is 15.4. The number of aliphatic imine (C=N–C) groups is 1. The molecule has 0 aromatic rings. The Morgan fingerprint density at radius 2 is 1.90 bits per heavy atom. The monoisotopic (exact) mass is 288 g/mol. The highest BCUT2D eigenvalue weighted by Crippen LogP contribution is 2.05. The van der Waals surface area contributed by atoms with Gasteiger partial charge in [-0.2, -0.15) is 0 Å². The van der Waals surface area contributed by atoms with E-state index in [2.05, 4.69) is 15.6 Å². The normalized spacial score (nSPS) is 12.1. The highest BCUT2D eigenvalue weighted by atomic mass is 16.6. The molecule has 118 valence electrons. The maximum Gasteiger partial charge on any atom is 0.407 e. The molecular formula is C13H28N4O3. The molecule has 0 saturated heterocycles. The molecule has 0 fully saturated rings. The van der Waals surface area contributed by atoms with Crippen molar-refractivity contribution >= 4 is 12.1 Å². The van der Waals surface area contributed by atoms with Gasteiger partial charge in [0.15, 0.2) is 5.96 Å². The van der Waals surface area contributed by atoms with Crippen LogP contribution in [0.2, 0.25) is 0 Å². The number of amides is 1. The lowest BCUT2D eigenvalue weighted by Crippen LogP contribution is -2.40. The summed E-state index contributed by atoms with van der Waals surface area (Å²) in [7, 11) is 0. The maximum atomic E-state index is 11.3. The number of carbonyl (C=O) groups excluding carboxylic acids is 1. The highest BCUT2D eigenvalue weighted by Gasteiger charge is 2.15. The Labute approximate surface area is 121 Å². The minimum atomic E-state index is -0.488. The quantitative estimate of drug-likeness (QED) is 0.349. The van der Waals surface area contributed by atoms with Crippen LogP contribution in [0.25, 0.3) is 0 Å². The molecule has 0 spiro atoms. The molecule has 0 saturated carbocycles. The molecule has 7 heteroatoms. The first-order valence-electron chi connectivity index (χ1n) is 6.93. The van der Waals surface area contributed by atoms with Crippen LogP contribution in [-0.4, -0.2) is 50.5 Å². The lowest BCUT2D eigenvalue weighted by molar-refractivity contribution is 0.0529. The lowest BCUT2D eigenvalue weighted by Gasteiger charge is -2.19. The van der Waals surface area contributed by atoms with E-state index in [1.54, 1.807) is 0 Å². The van der Waals surface area contributed by atoms with Gasteiger partial charge in [0.2, 0.25) is 0 Å². The second-order valence-corrected chi connectivity index (χ2v) is 5.17. The van der Waals surface area contributed by atoms with Gasteiger partial charge in [0.25, 0.3) is 0 Å². The van der Waals surface area contributed by atoms with Crippen molar-refractivity contribution < 1.29 is 14.3 Å². The molecule has 4 N–H and O–H groups in total. The molecule has 0 radical (unpaired) electrons. The maximum absolute atomic E-state index is 11.3. The number of ether oxygens (including phenoxy) is 2. The lowest BCUT2D eigenvalue weighted by atomic mass is 10.2. The van der Waals surface area contributed by atoms with Crippen LogP contribution in [0.15, 0.2) is 4.99 Å². The van der Waals surface area contributed by atoms with Crippen LogP contribution >= 0.6 is 0 Å². The van der Waals surface area contributed by atoms with Gasteiger partial charge in [-0.1, -0.05) is 0 Å². The highest BCUT2D eigenvalue weighted by molar-refractivity contribution is 5.77. The summed E-state index contributed by atoms with van der Waals surface area (Å²) in [6, 6.07) is 0. The zero-order valence-electron chi connectivity index (χ0n) is 13.0. The minimum absolute atomic E-state index is 0.368. The molecule has 0 aliphatic rings. The summed E-state index contributed by atoms with van der Waals surface area (Å²) < 4.78 is 10.3. The molecule has 0 bridgehead atoms. The summed E-state index contributed by atoms with van der Waals surface area (Å²) in [5.74, 6) is 0.368. The Kier molecular flexibility index (Phi) is 9.53. The number of nitrogens with one attached hydrogen (secondary N) is 2. The van der Waals surface area contributed by atoms with Crippen LogP contribution in [0.4, 0.5) is 4.79 Å². The largest absolute Gasteiger partial charge is 0.444 e. The summed E-state index contributed by atoms with van der Waals surface area (Å²) in [4.78, 5) is 15.5. The molecular weight excluding hydrogens is 260 g/mol. The standard InChI is InChI=1S/C13H28N4O3/c1-5-19-10-6-7-15-11(14)16-8-9-17-12(18)20-13(2,3)4/h5-10H2,1-4H3,(H,17,18)(H3,14,15,16). The summed E-state index contributed by atoms with van der Waals surface area (Å²) in [5, 5.41) is 5.53. The number of hydrogen-bond acceptors (Lipinski definition) is 4. The molecule has 0 unspecified atom stereocenters. The number of guanidine groups is 1. The van der Waals surface area contributed by atoms with Gasteiger partial charge in [0.1, 0.15) is 5.60 Å². The topological polar surface area (TPSA) is 98.0 Å². The van der Waals surface area contributed by atoms with Crippen LogP contribution < -0.4 is 16.4 Å². The second kappa shape index (κ2) is 10.3. The number of carbonyl (C=O) groups is 1. The molecule has 0 aliphatic carbocycles. The van der Waals surface area contributed by atoms with Gasteiger partial charge >= 0.3 is 6.09 Å². The summed E-state index contributed by atoms with van der Waals surface area (Å²) in [6.07, 6.45) is 0.401. The van der Waals surface area contributed by atoms with Crippen molar-refractivity contribution in [1.82, 2.24) is 10.6 Å². The van der Waals surface area contributed by atoms with E-state index in [-0.39, 0.29) is 0 Å². The average Bonchev–Trinajstić information content (AvgIpc) is 2.32. The van der Waals surface area contributed by atoms with Crippen molar-refractivity contribution in [3.8, 4) is 0 Å². The Morgan fingerprint density at radius 3 is 2.50 bits per heavy atom. The van der Waals surface area contributed by atoms with E-state index < -0.39 is 11.7 Å². The van der Waals surface area contributed by atoms with Crippen molar-refractivity contribution in [2.75, 3.05) is 32.8 Å². The van der Waals surface area contributed by atoms with E-state index in [1.807, 2.05) is 27.7 Å². The summed E-state index contributed by atoms with van der Waals surface area (Å²) in [6.45, 7) is 10.4. The molecule has 0 aromatic carbocycles. The van der Waals surface area contributed by atoms with Gasteiger partial charge in [-0.05, 0) is 34.1 Å². The SMILES string of the molecule is CCOCCCN=C(N)NCCNC(=O)OC(C)(C)C. The van der Waals surface area contributed by atoms with Gasteiger partial charge in [0, 0.05) is 32.8 Å². The fourth-order valence-electron chi connectivity index (χ4n) is 1.24. The number of hydrogen-bond donors (Lipinski definition) is 3. The van der Waals surface area contributed by atoms with Crippen LogP contribution in [0, 0.1) is 0 Å². The Hall–Kier alpha value is -1.50. The van der Waals surface area contributed by atoms with Gasteiger partial charge in [-0.25, -0.2) is 4.79 Å². The van der Waals surface area contributed by atoms with E-state index in [9.17, 15) is 4.79 Å². The van der Waals surface area contributed by atoms with Gasteiger partial charge in [-0.3, -0.25) is 4.99 Å². The Morgan fingerprint density at radius 1 is 1.25 bits per heavy atom. The van der Waals surface area contributed by atoms with E-state index in [1.165, 1.54) is 0 Å². The van der Waals surface area contributed by atoms with E-state index >= 15 is 0 Å². The molecule has 20 heavy (non-hydrogen) atoms. The predicted molar refractivity (Wildman–Crippen MR) is 79.8 cm³/mol. The van der Waals surface area contributed by atoms with Crippen LogP contribution in [0.5, 0.6) is 0 Å². The molecule has 0 aliphatic heterocycles. The number of rotatable bonds is 8. The molecule has 0 heterocycles.